The molecule has 1 unspecified atom stereocenters. The summed E-state index contributed by atoms with van der Waals surface area (Å²) in [5.41, 5.74) is 0. The second kappa shape index (κ2) is 10.9. The van der Waals surface area contributed by atoms with Crippen molar-refractivity contribution in [1.82, 2.24) is 15.5 Å². The first-order chi connectivity index (χ1) is 10.7. The molecule has 1 atom stereocenters. The van der Waals surface area contributed by atoms with E-state index >= 15 is 0 Å². The van der Waals surface area contributed by atoms with Crippen LogP contribution in [0.1, 0.15) is 45.4 Å². The van der Waals surface area contributed by atoms with Gasteiger partial charge in [0.1, 0.15) is 0 Å². The highest BCUT2D eigenvalue weighted by Crippen LogP contribution is 2.26. The molecule has 6 heteroatoms. The second-order valence-corrected chi connectivity index (χ2v) is 6.26. The van der Waals surface area contributed by atoms with Gasteiger partial charge in [-0.2, -0.15) is 0 Å². The standard InChI is InChI=1S/C17H30N4O.HI/c1-3-11-19-17(18-4-2)20-15-10-12-21(13-15)16(22)14-8-6-5-7-9-14;/h3,14-15H,1,4-13H2,2H3,(H2,18,19,20);1H. The van der Waals surface area contributed by atoms with Gasteiger partial charge in [0.05, 0.1) is 6.54 Å². The number of likely N-dealkylation sites (tertiary alicyclic amines) is 1. The first-order valence-corrected chi connectivity index (χ1v) is 8.69. The largest absolute Gasteiger partial charge is 0.357 e. The molecule has 1 saturated heterocycles. The zero-order chi connectivity index (χ0) is 15.8. The number of halogens is 1. The average molecular weight is 434 g/mol. The molecule has 1 aliphatic carbocycles. The van der Waals surface area contributed by atoms with Gasteiger partial charge in [-0.25, -0.2) is 4.99 Å². The predicted octanol–water partition coefficient (Wildman–Crippen LogP) is 2.53. The first kappa shape index (κ1) is 20.3. The molecule has 132 valence electrons. The molecular formula is C17H31IN4O. The van der Waals surface area contributed by atoms with Crippen LogP contribution in [0.4, 0.5) is 0 Å². The minimum atomic E-state index is 0. The Morgan fingerprint density at radius 2 is 2.04 bits per heavy atom. The SMILES string of the molecule is C=CCN=C(NCC)NC1CCN(C(=O)C2CCCCC2)C1.I. The lowest BCUT2D eigenvalue weighted by molar-refractivity contribution is -0.135. The molecule has 2 rings (SSSR count). The van der Waals surface area contributed by atoms with E-state index in [1.807, 2.05) is 4.90 Å². The summed E-state index contributed by atoms with van der Waals surface area (Å²) in [5.74, 6) is 1.46. The van der Waals surface area contributed by atoms with Gasteiger partial charge in [0.25, 0.3) is 0 Å². The van der Waals surface area contributed by atoms with Gasteiger partial charge in [-0.3, -0.25) is 4.79 Å². The van der Waals surface area contributed by atoms with Gasteiger partial charge >= 0.3 is 0 Å². The number of hydrogen-bond acceptors (Lipinski definition) is 2. The summed E-state index contributed by atoms with van der Waals surface area (Å²) in [5, 5.41) is 6.68. The highest BCUT2D eigenvalue weighted by Gasteiger charge is 2.31. The zero-order valence-electron chi connectivity index (χ0n) is 14.2. The van der Waals surface area contributed by atoms with Crippen LogP contribution in [-0.2, 0) is 4.79 Å². The molecule has 2 aliphatic rings. The van der Waals surface area contributed by atoms with E-state index in [2.05, 4.69) is 29.1 Å². The average Bonchev–Trinajstić information content (AvgIpc) is 3.01. The van der Waals surface area contributed by atoms with Gasteiger partial charge in [-0.15, -0.1) is 30.6 Å². The third-order valence-corrected chi connectivity index (χ3v) is 4.52. The molecule has 1 heterocycles. The van der Waals surface area contributed by atoms with Gasteiger partial charge in [0.15, 0.2) is 5.96 Å². The predicted molar refractivity (Wildman–Crippen MR) is 106 cm³/mol. The molecule has 0 aromatic rings. The Morgan fingerprint density at radius 3 is 2.70 bits per heavy atom. The molecule has 2 fully saturated rings. The Hall–Kier alpha value is -0.790. The molecule has 0 bridgehead atoms. The van der Waals surface area contributed by atoms with Gasteiger partial charge < -0.3 is 15.5 Å². The molecule has 2 N–H and O–H groups in total. The van der Waals surface area contributed by atoms with Gasteiger partial charge in [0.2, 0.25) is 5.91 Å². The molecule has 5 nitrogen and oxygen atoms in total. The molecule has 1 aliphatic heterocycles. The molecule has 1 amide bonds. The summed E-state index contributed by atoms with van der Waals surface area (Å²) in [7, 11) is 0. The highest BCUT2D eigenvalue weighted by atomic mass is 127. The lowest BCUT2D eigenvalue weighted by atomic mass is 9.88. The molecule has 0 aromatic carbocycles. The van der Waals surface area contributed by atoms with Crippen molar-refractivity contribution >= 4 is 35.8 Å². The van der Waals surface area contributed by atoms with E-state index in [1.165, 1.54) is 19.3 Å². The normalized spacial score (nSPS) is 22.4. The van der Waals surface area contributed by atoms with E-state index in [0.717, 1.165) is 44.9 Å². The Bertz CT molecular complexity index is 407. The van der Waals surface area contributed by atoms with E-state index in [9.17, 15) is 4.79 Å². The van der Waals surface area contributed by atoms with Crippen LogP contribution in [0.2, 0.25) is 0 Å². The lowest BCUT2D eigenvalue weighted by Gasteiger charge is -2.26. The Kier molecular flexibility index (Phi) is 9.59. The van der Waals surface area contributed by atoms with Crippen molar-refractivity contribution in [3.63, 3.8) is 0 Å². The number of carbonyl (C=O) groups excluding carboxylic acids is 1. The van der Waals surface area contributed by atoms with Crippen LogP contribution in [0.3, 0.4) is 0 Å². The van der Waals surface area contributed by atoms with Crippen LogP contribution in [0.25, 0.3) is 0 Å². The van der Waals surface area contributed by atoms with Crippen molar-refractivity contribution in [3.05, 3.63) is 12.7 Å². The number of amides is 1. The number of nitrogens with one attached hydrogen (secondary N) is 2. The monoisotopic (exact) mass is 434 g/mol. The Morgan fingerprint density at radius 1 is 1.30 bits per heavy atom. The summed E-state index contributed by atoms with van der Waals surface area (Å²) >= 11 is 0. The molecule has 0 radical (unpaired) electrons. The number of aliphatic imine (C=N–C) groups is 1. The van der Waals surface area contributed by atoms with Crippen LogP contribution >= 0.6 is 24.0 Å². The Labute approximate surface area is 157 Å². The van der Waals surface area contributed by atoms with E-state index in [-0.39, 0.29) is 29.9 Å². The van der Waals surface area contributed by atoms with Crippen molar-refractivity contribution < 1.29 is 4.79 Å². The quantitative estimate of drug-likeness (QED) is 0.303. The van der Waals surface area contributed by atoms with E-state index in [0.29, 0.717) is 18.5 Å². The highest BCUT2D eigenvalue weighted by molar-refractivity contribution is 14.0. The number of rotatable bonds is 5. The van der Waals surface area contributed by atoms with E-state index in [4.69, 9.17) is 0 Å². The Balaban J connectivity index is 0.00000264. The number of guanidine groups is 1. The topological polar surface area (TPSA) is 56.7 Å². The third kappa shape index (κ3) is 6.31. The van der Waals surface area contributed by atoms with Crippen molar-refractivity contribution in [2.75, 3.05) is 26.2 Å². The maximum absolute atomic E-state index is 12.6. The van der Waals surface area contributed by atoms with Crippen LogP contribution < -0.4 is 10.6 Å². The van der Waals surface area contributed by atoms with Crippen LogP contribution in [-0.4, -0.2) is 49.0 Å². The number of nitrogens with zero attached hydrogens (tertiary/aromatic N) is 2. The fourth-order valence-electron chi connectivity index (χ4n) is 3.36. The number of hydrogen-bond donors (Lipinski definition) is 2. The molecular weight excluding hydrogens is 403 g/mol. The summed E-state index contributed by atoms with van der Waals surface area (Å²) < 4.78 is 0. The molecule has 0 spiro atoms. The van der Waals surface area contributed by atoms with Crippen molar-refractivity contribution in [2.24, 2.45) is 10.9 Å². The van der Waals surface area contributed by atoms with Crippen LogP contribution in [0.15, 0.2) is 17.6 Å². The van der Waals surface area contributed by atoms with Crippen molar-refractivity contribution in [1.29, 1.82) is 0 Å². The van der Waals surface area contributed by atoms with Gasteiger partial charge in [-0.05, 0) is 26.2 Å². The minimum absolute atomic E-state index is 0. The molecule has 0 aromatic heterocycles. The lowest BCUT2D eigenvalue weighted by Crippen LogP contribution is -2.45. The van der Waals surface area contributed by atoms with E-state index < -0.39 is 0 Å². The second-order valence-electron chi connectivity index (χ2n) is 6.26. The maximum atomic E-state index is 12.6. The van der Waals surface area contributed by atoms with Crippen molar-refractivity contribution in [3.8, 4) is 0 Å². The van der Waals surface area contributed by atoms with Gasteiger partial charge in [0, 0.05) is 31.6 Å². The number of carbonyl (C=O) groups is 1. The summed E-state index contributed by atoms with van der Waals surface area (Å²) in [6, 6.07) is 0.301. The van der Waals surface area contributed by atoms with Gasteiger partial charge in [-0.1, -0.05) is 25.3 Å². The minimum Gasteiger partial charge on any atom is -0.357 e. The summed E-state index contributed by atoms with van der Waals surface area (Å²) in [6.07, 6.45) is 8.66. The maximum Gasteiger partial charge on any atom is 0.225 e. The molecule has 1 saturated carbocycles. The summed E-state index contributed by atoms with van der Waals surface area (Å²) in [4.78, 5) is 19.0. The van der Waals surface area contributed by atoms with Crippen molar-refractivity contribution in [2.45, 2.75) is 51.5 Å². The fourth-order valence-corrected chi connectivity index (χ4v) is 3.36. The van der Waals surface area contributed by atoms with Crippen LogP contribution in [0, 0.1) is 5.92 Å². The summed E-state index contributed by atoms with van der Waals surface area (Å²) in [6.45, 7) is 8.86. The smallest absolute Gasteiger partial charge is 0.225 e. The first-order valence-electron chi connectivity index (χ1n) is 8.69. The molecule has 23 heavy (non-hydrogen) atoms. The van der Waals surface area contributed by atoms with Crippen LogP contribution in [0.5, 0.6) is 0 Å². The zero-order valence-corrected chi connectivity index (χ0v) is 16.6. The third-order valence-electron chi connectivity index (χ3n) is 4.52. The fraction of sp³-hybridized carbons (Fsp3) is 0.765. The van der Waals surface area contributed by atoms with E-state index in [1.54, 1.807) is 6.08 Å².